The average molecular weight is 470 g/mol. The van der Waals surface area contributed by atoms with Crippen molar-refractivity contribution in [1.29, 1.82) is 0 Å². The monoisotopic (exact) mass is 469 g/mol. The number of pyridine rings is 1. The highest BCUT2D eigenvalue weighted by Crippen LogP contribution is 2.19. The van der Waals surface area contributed by atoms with E-state index in [0.717, 1.165) is 31.0 Å². The van der Waals surface area contributed by atoms with Gasteiger partial charge >= 0.3 is 0 Å². The molecular formula is C23H27N5O4S. The van der Waals surface area contributed by atoms with E-state index in [1.54, 1.807) is 12.1 Å². The predicted molar refractivity (Wildman–Crippen MR) is 122 cm³/mol. The summed E-state index contributed by atoms with van der Waals surface area (Å²) >= 11 is 0. The number of piperazine rings is 1. The van der Waals surface area contributed by atoms with E-state index in [4.69, 9.17) is 4.74 Å². The van der Waals surface area contributed by atoms with Crippen molar-refractivity contribution in [3.8, 4) is 0 Å². The van der Waals surface area contributed by atoms with E-state index < -0.39 is 10.0 Å². The largest absolute Gasteiger partial charge is 0.379 e. The molecule has 33 heavy (non-hydrogen) atoms. The van der Waals surface area contributed by atoms with E-state index >= 15 is 0 Å². The van der Waals surface area contributed by atoms with Crippen LogP contribution in [0.3, 0.4) is 0 Å². The first-order chi connectivity index (χ1) is 16.0. The van der Waals surface area contributed by atoms with E-state index in [9.17, 15) is 13.2 Å². The molecule has 3 aromatic rings. The molecule has 1 amide bonds. The van der Waals surface area contributed by atoms with Gasteiger partial charge in [-0.2, -0.15) is 4.31 Å². The SMILES string of the molecule is O=C(c1ccc(S(=O)(=O)N2CCOCC2)cc1)N1CCN(Cc2cnc3ccccn23)CC1. The normalized spacial score (nSPS) is 18.6. The summed E-state index contributed by atoms with van der Waals surface area (Å²) in [6.45, 7) is 5.08. The molecule has 2 fully saturated rings. The van der Waals surface area contributed by atoms with E-state index in [1.165, 1.54) is 16.4 Å². The molecule has 174 valence electrons. The van der Waals surface area contributed by atoms with Crippen molar-refractivity contribution in [3.63, 3.8) is 0 Å². The summed E-state index contributed by atoms with van der Waals surface area (Å²) in [7, 11) is -3.56. The Morgan fingerprint density at radius 1 is 0.939 bits per heavy atom. The van der Waals surface area contributed by atoms with Crippen molar-refractivity contribution in [2.45, 2.75) is 11.4 Å². The number of nitrogens with zero attached hydrogens (tertiary/aromatic N) is 5. The number of carbonyl (C=O) groups excluding carboxylic acids is 1. The van der Waals surface area contributed by atoms with Crippen molar-refractivity contribution in [3.05, 3.63) is 66.1 Å². The van der Waals surface area contributed by atoms with Crippen LogP contribution in [0, 0.1) is 0 Å². The van der Waals surface area contributed by atoms with Crippen molar-refractivity contribution in [2.75, 3.05) is 52.5 Å². The number of hydrogen-bond donors (Lipinski definition) is 0. The number of hydrogen-bond acceptors (Lipinski definition) is 6. The Bertz CT molecular complexity index is 1230. The molecule has 2 aliphatic heterocycles. The fourth-order valence-corrected chi connectivity index (χ4v) is 5.74. The fraction of sp³-hybridized carbons (Fsp3) is 0.391. The van der Waals surface area contributed by atoms with E-state index in [-0.39, 0.29) is 10.8 Å². The quantitative estimate of drug-likeness (QED) is 0.560. The molecule has 0 radical (unpaired) electrons. The highest BCUT2D eigenvalue weighted by molar-refractivity contribution is 7.89. The van der Waals surface area contributed by atoms with Crippen LogP contribution >= 0.6 is 0 Å². The van der Waals surface area contributed by atoms with E-state index in [0.29, 0.717) is 45.0 Å². The summed E-state index contributed by atoms with van der Waals surface area (Å²) in [4.78, 5) is 21.8. The minimum atomic E-state index is -3.56. The molecule has 5 rings (SSSR count). The Morgan fingerprint density at radius 2 is 1.67 bits per heavy atom. The maximum absolute atomic E-state index is 13.0. The Hall–Kier alpha value is -2.79. The highest BCUT2D eigenvalue weighted by atomic mass is 32.2. The first-order valence-electron chi connectivity index (χ1n) is 11.1. The molecule has 10 heteroatoms. The predicted octanol–water partition coefficient (Wildman–Crippen LogP) is 1.31. The third kappa shape index (κ3) is 4.51. The molecule has 2 aromatic heterocycles. The second-order valence-electron chi connectivity index (χ2n) is 8.29. The van der Waals surface area contributed by atoms with Crippen LogP contribution in [0.4, 0.5) is 0 Å². The number of aromatic nitrogens is 2. The zero-order chi connectivity index (χ0) is 22.8. The zero-order valence-corrected chi connectivity index (χ0v) is 19.2. The Morgan fingerprint density at radius 3 is 2.39 bits per heavy atom. The van der Waals surface area contributed by atoms with Gasteiger partial charge in [-0.25, -0.2) is 13.4 Å². The summed E-state index contributed by atoms with van der Waals surface area (Å²) in [6, 6.07) is 12.2. The Balaban J connectivity index is 1.19. The number of benzene rings is 1. The minimum absolute atomic E-state index is 0.0697. The number of morpholine rings is 1. The third-order valence-corrected chi connectivity index (χ3v) is 8.16. The molecule has 2 saturated heterocycles. The Labute approximate surface area is 193 Å². The zero-order valence-electron chi connectivity index (χ0n) is 18.3. The van der Waals surface area contributed by atoms with Gasteiger partial charge in [-0.05, 0) is 36.4 Å². The van der Waals surface area contributed by atoms with Gasteiger partial charge in [-0.1, -0.05) is 6.07 Å². The van der Waals surface area contributed by atoms with Crippen molar-refractivity contribution >= 4 is 21.6 Å². The summed E-state index contributed by atoms with van der Waals surface area (Å²) in [5, 5.41) is 0. The van der Waals surface area contributed by atoms with Crippen LogP contribution in [0.1, 0.15) is 16.1 Å². The van der Waals surface area contributed by atoms with Crippen LogP contribution in [0.25, 0.3) is 5.65 Å². The van der Waals surface area contributed by atoms with Crippen LogP contribution in [-0.4, -0.2) is 90.3 Å². The molecule has 0 unspecified atom stereocenters. The first kappa shape index (κ1) is 22.0. The molecule has 0 saturated carbocycles. The van der Waals surface area contributed by atoms with Gasteiger partial charge in [0, 0.05) is 57.6 Å². The summed E-state index contributed by atoms with van der Waals surface area (Å²) in [5.41, 5.74) is 2.56. The number of amides is 1. The lowest BCUT2D eigenvalue weighted by Crippen LogP contribution is -2.48. The first-order valence-corrected chi connectivity index (χ1v) is 12.6. The number of sulfonamides is 1. The second-order valence-corrected chi connectivity index (χ2v) is 10.2. The maximum atomic E-state index is 13.0. The Kier molecular flexibility index (Phi) is 6.15. The number of carbonyl (C=O) groups is 1. The van der Waals surface area contributed by atoms with Gasteiger partial charge in [0.25, 0.3) is 5.91 Å². The summed E-state index contributed by atoms with van der Waals surface area (Å²) in [5.74, 6) is -0.0697. The summed E-state index contributed by atoms with van der Waals surface area (Å²) in [6.07, 6.45) is 3.92. The van der Waals surface area contributed by atoms with E-state index in [2.05, 4.69) is 14.3 Å². The molecule has 0 N–H and O–H groups in total. The number of fused-ring (bicyclic) bond motifs is 1. The molecule has 4 heterocycles. The lowest BCUT2D eigenvalue weighted by Gasteiger charge is -2.34. The van der Waals surface area contributed by atoms with Crippen LogP contribution < -0.4 is 0 Å². The van der Waals surface area contributed by atoms with Crippen molar-refractivity contribution < 1.29 is 17.9 Å². The lowest BCUT2D eigenvalue weighted by atomic mass is 10.2. The van der Waals surface area contributed by atoms with Gasteiger partial charge in [0.05, 0.1) is 30.0 Å². The number of rotatable bonds is 5. The van der Waals surface area contributed by atoms with E-state index in [1.807, 2.05) is 35.5 Å². The molecule has 9 nitrogen and oxygen atoms in total. The lowest BCUT2D eigenvalue weighted by molar-refractivity contribution is 0.0626. The van der Waals surface area contributed by atoms with Gasteiger partial charge in [0.15, 0.2) is 0 Å². The van der Waals surface area contributed by atoms with Gasteiger partial charge in [0.2, 0.25) is 10.0 Å². The second kappa shape index (κ2) is 9.22. The van der Waals surface area contributed by atoms with Crippen LogP contribution in [0.5, 0.6) is 0 Å². The summed E-state index contributed by atoms with van der Waals surface area (Å²) < 4.78 is 34.3. The van der Waals surface area contributed by atoms with Crippen LogP contribution in [0.2, 0.25) is 0 Å². The molecule has 1 aromatic carbocycles. The molecular weight excluding hydrogens is 442 g/mol. The van der Waals surface area contributed by atoms with Crippen LogP contribution in [0.15, 0.2) is 59.8 Å². The molecule has 0 atom stereocenters. The minimum Gasteiger partial charge on any atom is -0.379 e. The molecule has 0 aliphatic carbocycles. The standard InChI is InChI=1S/C23H27N5O4S/c29-23(19-4-6-21(7-5-19)33(30,31)27-13-15-32-16-14-27)26-11-9-25(10-12-26)18-20-17-24-22-3-1-2-8-28(20)22/h1-8,17H,9-16,18H2. The van der Waals surface area contributed by atoms with Gasteiger partial charge in [-0.15, -0.1) is 0 Å². The van der Waals surface area contributed by atoms with Gasteiger partial charge < -0.3 is 14.0 Å². The number of ether oxygens (including phenoxy) is 1. The van der Waals surface area contributed by atoms with Gasteiger partial charge in [0.1, 0.15) is 5.65 Å². The van der Waals surface area contributed by atoms with Crippen molar-refractivity contribution in [2.24, 2.45) is 0 Å². The smallest absolute Gasteiger partial charge is 0.253 e. The maximum Gasteiger partial charge on any atom is 0.253 e. The molecule has 0 spiro atoms. The molecule has 2 aliphatic rings. The number of imidazole rings is 1. The fourth-order valence-electron chi connectivity index (χ4n) is 4.33. The highest BCUT2D eigenvalue weighted by Gasteiger charge is 2.27. The average Bonchev–Trinajstić information content (AvgIpc) is 3.27. The third-order valence-electron chi connectivity index (χ3n) is 6.25. The van der Waals surface area contributed by atoms with Gasteiger partial charge in [-0.3, -0.25) is 9.69 Å². The van der Waals surface area contributed by atoms with Crippen molar-refractivity contribution in [1.82, 2.24) is 23.5 Å². The topological polar surface area (TPSA) is 87.5 Å². The van der Waals surface area contributed by atoms with Crippen LogP contribution in [-0.2, 0) is 21.3 Å². The molecule has 0 bridgehead atoms.